The van der Waals surface area contributed by atoms with Crippen LogP contribution >= 0.6 is 11.6 Å². The fraction of sp³-hybridized carbons (Fsp3) is 0.412. The van der Waals surface area contributed by atoms with E-state index in [-0.39, 0.29) is 17.3 Å². The summed E-state index contributed by atoms with van der Waals surface area (Å²) in [5.41, 5.74) is 1.16. The maximum absolute atomic E-state index is 12.9. The van der Waals surface area contributed by atoms with Gasteiger partial charge in [0.05, 0.1) is 16.9 Å². The third-order valence-electron chi connectivity index (χ3n) is 4.83. The first kappa shape index (κ1) is 16.4. The van der Waals surface area contributed by atoms with E-state index < -0.39 is 0 Å². The van der Waals surface area contributed by atoms with Crippen molar-refractivity contribution in [2.24, 2.45) is 12.5 Å². The molecule has 2 aliphatic rings. The first-order valence-corrected chi connectivity index (χ1v) is 8.43. The maximum atomic E-state index is 12.9. The zero-order valence-corrected chi connectivity index (χ0v) is 14.5. The van der Waals surface area contributed by atoms with Gasteiger partial charge in [-0.1, -0.05) is 11.6 Å². The quantitative estimate of drug-likeness (QED) is 0.839. The molecule has 3 heterocycles. The molecule has 8 heteroatoms. The van der Waals surface area contributed by atoms with Crippen LogP contribution in [0.5, 0.6) is 5.75 Å². The number of ether oxygens (including phenoxy) is 1. The van der Waals surface area contributed by atoms with Crippen LogP contribution in [0.25, 0.3) is 0 Å². The summed E-state index contributed by atoms with van der Waals surface area (Å²) in [6.07, 6.45) is 1.27. The normalized spacial score (nSPS) is 18.8. The molecule has 2 aromatic rings. The standard InChI is InChI=1S/C17H18ClFN4O2/c1-21-15(14(18)6-20-21)7-22-8-17(9-22)10-23(11-17)16(24)25-13-4-2-12(19)3-5-13/h2-6H,7-11H2,1H3. The highest BCUT2D eigenvalue weighted by Gasteiger charge is 2.53. The van der Waals surface area contributed by atoms with E-state index in [1.165, 1.54) is 24.3 Å². The molecular formula is C17H18ClFN4O2. The fourth-order valence-corrected chi connectivity index (χ4v) is 3.83. The number of likely N-dealkylation sites (tertiary alicyclic amines) is 2. The van der Waals surface area contributed by atoms with Crippen molar-refractivity contribution < 1.29 is 13.9 Å². The third-order valence-corrected chi connectivity index (χ3v) is 5.15. The van der Waals surface area contributed by atoms with Gasteiger partial charge in [-0.15, -0.1) is 0 Å². The molecule has 25 heavy (non-hydrogen) atoms. The van der Waals surface area contributed by atoms with Crippen LogP contribution in [0, 0.1) is 11.2 Å². The molecule has 0 aliphatic carbocycles. The van der Waals surface area contributed by atoms with Gasteiger partial charge in [-0.2, -0.15) is 5.10 Å². The molecule has 1 amide bonds. The monoisotopic (exact) mass is 364 g/mol. The molecule has 2 fully saturated rings. The van der Waals surface area contributed by atoms with E-state index in [2.05, 4.69) is 10.00 Å². The lowest BCUT2D eigenvalue weighted by molar-refractivity contribution is -0.104. The largest absolute Gasteiger partial charge is 0.415 e. The number of hydrogen-bond donors (Lipinski definition) is 0. The molecule has 0 bridgehead atoms. The van der Waals surface area contributed by atoms with E-state index in [1.807, 2.05) is 7.05 Å². The number of aromatic nitrogens is 2. The number of halogens is 2. The van der Waals surface area contributed by atoms with Gasteiger partial charge in [-0.25, -0.2) is 9.18 Å². The summed E-state index contributed by atoms with van der Waals surface area (Å²) in [6.45, 7) is 3.98. The Balaban J connectivity index is 1.25. The molecule has 4 rings (SSSR count). The molecule has 2 saturated heterocycles. The number of hydrogen-bond acceptors (Lipinski definition) is 4. The van der Waals surface area contributed by atoms with E-state index in [1.54, 1.807) is 15.8 Å². The molecule has 6 nitrogen and oxygen atoms in total. The Kier molecular flexibility index (Phi) is 3.92. The summed E-state index contributed by atoms with van der Waals surface area (Å²) < 4.78 is 19.9. The lowest BCUT2D eigenvalue weighted by atomic mass is 9.73. The number of carbonyl (C=O) groups is 1. The van der Waals surface area contributed by atoms with Crippen molar-refractivity contribution in [2.45, 2.75) is 6.54 Å². The van der Waals surface area contributed by atoms with Gasteiger partial charge in [0.1, 0.15) is 11.6 Å². The van der Waals surface area contributed by atoms with Crippen LogP contribution in [0.3, 0.4) is 0 Å². The summed E-state index contributed by atoms with van der Waals surface area (Å²) in [6, 6.07) is 5.44. The van der Waals surface area contributed by atoms with Crippen molar-refractivity contribution >= 4 is 17.7 Å². The molecule has 0 unspecified atom stereocenters. The Hall–Kier alpha value is -2.12. The van der Waals surface area contributed by atoms with Gasteiger partial charge in [-0.3, -0.25) is 9.58 Å². The molecule has 1 spiro atoms. The van der Waals surface area contributed by atoms with Crippen LogP contribution in [0.4, 0.5) is 9.18 Å². The molecular weight excluding hydrogens is 347 g/mol. The molecule has 132 valence electrons. The first-order chi connectivity index (χ1) is 11.9. The number of carbonyl (C=O) groups excluding carboxylic acids is 1. The highest BCUT2D eigenvalue weighted by atomic mass is 35.5. The van der Waals surface area contributed by atoms with Crippen LogP contribution in [0.2, 0.25) is 5.02 Å². The van der Waals surface area contributed by atoms with Crippen LogP contribution < -0.4 is 4.74 Å². The van der Waals surface area contributed by atoms with Crippen molar-refractivity contribution in [3.8, 4) is 5.75 Å². The predicted octanol–water partition coefficient (Wildman–Crippen LogP) is 2.53. The average molecular weight is 365 g/mol. The van der Waals surface area contributed by atoms with E-state index in [0.29, 0.717) is 23.9 Å². The van der Waals surface area contributed by atoms with Gasteiger partial charge < -0.3 is 9.64 Å². The van der Waals surface area contributed by atoms with Gasteiger partial charge in [0.2, 0.25) is 0 Å². The highest BCUT2D eigenvalue weighted by Crippen LogP contribution is 2.40. The number of nitrogens with zero attached hydrogens (tertiary/aromatic N) is 4. The second kappa shape index (κ2) is 6.00. The van der Waals surface area contributed by atoms with Gasteiger partial charge in [0.25, 0.3) is 0 Å². The summed E-state index contributed by atoms with van der Waals surface area (Å²) >= 11 is 6.14. The SMILES string of the molecule is Cn1ncc(Cl)c1CN1CC2(C1)CN(C(=O)Oc1ccc(F)cc1)C2. The lowest BCUT2D eigenvalue weighted by Crippen LogP contribution is -2.72. The van der Waals surface area contributed by atoms with Crippen LogP contribution in [0.15, 0.2) is 30.5 Å². The van der Waals surface area contributed by atoms with Crippen LogP contribution in [0.1, 0.15) is 5.69 Å². The summed E-state index contributed by atoms with van der Waals surface area (Å²) in [7, 11) is 1.88. The Morgan fingerprint density at radius 2 is 1.96 bits per heavy atom. The van der Waals surface area contributed by atoms with Crippen LogP contribution in [-0.2, 0) is 13.6 Å². The second-order valence-electron chi connectivity index (χ2n) is 6.89. The smallest absolute Gasteiger partial charge is 0.410 e. The van der Waals surface area contributed by atoms with E-state index in [9.17, 15) is 9.18 Å². The Morgan fingerprint density at radius 1 is 1.28 bits per heavy atom. The second-order valence-corrected chi connectivity index (χ2v) is 7.29. The minimum Gasteiger partial charge on any atom is -0.410 e. The van der Waals surface area contributed by atoms with E-state index >= 15 is 0 Å². The summed E-state index contributed by atoms with van der Waals surface area (Å²) in [5.74, 6) is -0.000719. The topological polar surface area (TPSA) is 50.6 Å². The molecule has 0 atom stereocenters. The molecule has 2 aliphatic heterocycles. The van der Waals surface area contributed by atoms with Crippen LogP contribution in [-0.4, -0.2) is 51.9 Å². The van der Waals surface area contributed by atoms with Gasteiger partial charge in [0, 0.05) is 45.2 Å². The highest BCUT2D eigenvalue weighted by molar-refractivity contribution is 6.31. The first-order valence-electron chi connectivity index (χ1n) is 8.05. The number of aryl methyl sites for hydroxylation is 1. The summed E-state index contributed by atoms with van der Waals surface area (Å²) in [4.78, 5) is 16.1. The maximum Gasteiger partial charge on any atom is 0.415 e. The molecule has 0 N–H and O–H groups in total. The van der Waals surface area contributed by atoms with Crippen molar-refractivity contribution in [2.75, 3.05) is 26.2 Å². The van der Waals surface area contributed by atoms with Crippen molar-refractivity contribution in [3.63, 3.8) is 0 Å². The Morgan fingerprint density at radius 3 is 2.56 bits per heavy atom. The number of amides is 1. The summed E-state index contributed by atoms with van der Waals surface area (Å²) in [5, 5.41) is 4.83. The lowest BCUT2D eigenvalue weighted by Gasteiger charge is -2.59. The number of rotatable bonds is 3. The average Bonchev–Trinajstić information content (AvgIpc) is 2.81. The Bertz CT molecular complexity index is 774. The minimum absolute atomic E-state index is 0.160. The fourth-order valence-electron chi connectivity index (χ4n) is 3.60. The van der Waals surface area contributed by atoms with Crippen molar-refractivity contribution in [3.05, 3.63) is 47.0 Å². The van der Waals surface area contributed by atoms with Crippen molar-refractivity contribution in [1.82, 2.24) is 19.6 Å². The third kappa shape index (κ3) is 3.09. The molecule has 1 aromatic carbocycles. The Labute approximate surface area is 149 Å². The number of benzene rings is 1. The minimum atomic E-state index is -0.384. The van der Waals surface area contributed by atoms with Gasteiger partial charge in [-0.05, 0) is 24.3 Å². The van der Waals surface area contributed by atoms with E-state index in [4.69, 9.17) is 16.3 Å². The zero-order valence-electron chi connectivity index (χ0n) is 13.8. The van der Waals surface area contributed by atoms with E-state index in [0.717, 1.165) is 25.3 Å². The zero-order chi connectivity index (χ0) is 17.6. The van der Waals surface area contributed by atoms with Crippen molar-refractivity contribution in [1.29, 1.82) is 0 Å². The predicted molar refractivity (Wildman–Crippen MR) is 89.9 cm³/mol. The molecule has 1 aromatic heterocycles. The molecule has 0 saturated carbocycles. The van der Waals surface area contributed by atoms with Gasteiger partial charge in [0.15, 0.2) is 0 Å². The van der Waals surface area contributed by atoms with Gasteiger partial charge >= 0.3 is 6.09 Å². The molecule has 0 radical (unpaired) electrons.